The number of carbonyl (C=O) groups excluding carboxylic acids is 3. The molecule has 112 valence electrons. The first-order valence-corrected chi connectivity index (χ1v) is 7.14. The Morgan fingerprint density at radius 2 is 2.00 bits per heavy atom. The minimum absolute atomic E-state index is 0.111. The number of anilines is 1. The Morgan fingerprint density at radius 3 is 2.67 bits per heavy atom. The van der Waals surface area contributed by atoms with E-state index in [9.17, 15) is 14.4 Å². The number of fused-ring (bicyclic) bond motifs is 1. The van der Waals surface area contributed by atoms with Crippen LogP contribution in [0.4, 0.5) is 5.69 Å². The number of carbonyl (C=O) groups is 3. The number of hydrogen-bond acceptors (Lipinski definition) is 3. The molecule has 0 aliphatic carbocycles. The third-order valence-corrected chi connectivity index (χ3v) is 3.54. The van der Waals surface area contributed by atoms with E-state index in [0.717, 1.165) is 12.0 Å². The number of nitrogens with one attached hydrogen (secondary N) is 1. The van der Waals surface area contributed by atoms with Gasteiger partial charge in [0.15, 0.2) is 0 Å². The first-order valence-electron chi connectivity index (χ1n) is 7.14. The van der Waals surface area contributed by atoms with Crippen LogP contribution >= 0.6 is 0 Å². The van der Waals surface area contributed by atoms with Crippen LogP contribution in [0.25, 0.3) is 0 Å². The van der Waals surface area contributed by atoms with Crippen LogP contribution in [0.3, 0.4) is 0 Å². The second-order valence-corrected chi connectivity index (χ2v) is 5.72. The summed E-state index contributed by atoms with van der Waals surface area (Å²) in [6.07, 6.45) is 0.883. The maximum Gasteiger partial charge on any atom is 0.299 e. The quantitative estimate of drug-likeness (QED) is 0.838. The van der Waals surface area contributed by atoms with Gasteiger partial charge in [0.05, 0.1) is 11.3 Å². The maximum absolute atomic E-state index is 12.0. The van der Waals surface area contributed by atoms with Gasteiger partial charge in [0.25, 0.3) is 11.7 Å². The number of benzene rings is 1. The van der Waals surface area contributed by atoms with Crippen molar-refractivity contribution in [3.05, 3.63) is 29.3 Å². The largest absolute Gasteiger partial charge is 0.355 e. The molecule has 0 saturated heterocycles. The molecule has 1 aliphatic heterocycles. The van der Waals surface area contributed by atoms with Crippen LogP contribution in [0.5, 0.6) is 0 Å². The van der Waals surface area contributed by atoms with Gasteiger partial charge >= 0.3 is 0 Å². The highest BCUT2D eigenvalue weighted by Crippen LogP contribution is 2.31. The molecule has 0 aromatic heterocycles. The molecule has 0 radical (unpaired) electrons. The zero-order valence-electron chi connectivity index (χ0n) is 12.6. The van der Waals surface area contributed by atoms with Crippen molar-refractivity contribution in [3.63, 3.8) is 0 Å². The summed E-state index contributed by atoms with van der Waals surface area (Å²) >= 11 is 0. The molecule has 0 saturated carbocycles. The Bertz CT molecular complexity index is 593. The molecule has 0 spiro atoms. The molecule has 5 heteroatoms. The van der Waals surface area contributed by atoms with Gasteiger partial charge in [-0.1, -0.05) is 26.0 Å². The molecule has 21 heavy (non-hydrogen) atoms. The van der Waals surface area contributed by atoms with E-state index in [0.29, 0.717) is 23.7 Å². The number of para-hydroxylation sites is 1. The first kappa shape index (κ1) is 15.2. The molecule has 0 unspecified atom stereocenters. The summed E-state index contributed by atoms with van der Waals surface area (Å²) in [6.45, 7) is 6.45. The highest BCUT2D eigenvalue weighted by Gasteiger charge is 2.37. The third-order valence-electron chi connectivity index (χ3n) is 3.54. The standard InChI is InChI=1S/C16H20N2O3/c1-10(2)7-8-17-13(19)9-18-14-11(3)5-4-6-12(14)15(20)16(18)21/h4-6,10H,7-9H2,1-3H3,(H,17,19). The lowest BCUT2D eigenvalue weighted by atomic mass is 10.1. The fraction of sp³-hybridized carbons (Fsp3) is 0.438. The number of Topliss-reactive ketones (excluding diaryl/α,β-unsaturated/α-hetero) is 1. The van der Waals surface area contributed by atoms with Gasteiger partial charge in [-0.25, -0.2) is 0 Å². The van der Waals surface area contributed by atoms with Gasteiger partial charge in [0.2, 0.25) is 5.91 Å². The Balaban J connectivity index is 2.09. The minimum Gasteiger partial charge on any atom is -0.355 e. The summed E-state index contributed by atoms with van der Waals surface area (Å²) in [5, 5.41) is 2.78. The molecule has 1 aliphatic rings. The molecule has 1 N–H and O–H groups in total. The van der Waals surface area contributed by atoms with E-state index >= 15 is 0 Å². The summed E-state index contributed by atoms with van der Waals surface area (Å²) in [5.74, 6) is -0.904. The smallest absolute Gasteiger partial charge is 0.299 e. The number of hydrogen-bond donors (Lipinski definition) is 1. The highest BCUT2D eigenvalue weighted by molar-refractivity contribution is 6.52. The van der Waals surface area contributed by atoms with Crippen LogP contribution in [0, 0.1) is 12.8 Å². The van der Waals surface area contributed by atoms with Crippen molar-refractivity contribution in [1.82, 2.24) is 5.32 Å². The third kappa shape index (κ3) is 3.12. The molecule has 5 nitrogen and oxygen atoms in total. The molecular formula is C16H20N2O3. The Morgan fingerprint density at radius 1 is 1.29 bits per heavy atom. The molecule has 2 amide bonds. The van der Waals surface area contributed by atoms with Crippen molar-refractivity contribution in [3.8, 4) is 0 Å². The van der Waals surface area contributed by atoms with E-state index in [-0.39, 0.29) is 12.5 Å². The van der Waals surface area contributed by atoms with Crippen molar-refractivity contribution < 1.29 is 14.4 Å². The number of amides is 2. The van der Waals surface area contributed by atoms with Gasteiger partial charge in [-0.05, 0) is 30.9 Å². The van der Waals surface area contributed by atoms with E-state index in [4.69, 9.17) is 0 Å². The SMILES string of the molecule is Cc1cccc2c1N(CC(=O)NCCC(C)C)C(=O)C2=O. The molecule has 0 atom stereocenters. The fourth-order valence-corrected chi connectivity index (χ4v) is 2.39. The molecule has 1 aromatic carbocycles. The van der Waals surface area contributed by atoms with Gasteiger partial charge in [-0.3, -0.25) is 19.3 Å². The summed E-state index contributed by atoms with van der Waals surface area (Å²) in [4.78, 5) is 37.2. The van der Waals surface area contributed by atoms with Crippen molar-refractivity contribution in [1.29, 1.82) is 0 Å². The van der Waals surface area contributed by atoms with Crippen LogP contribution in [0.1, 0.15) is 36.2 Å². The molecule has 0 fully saturated rings. The zero-order valence-corrected chi connectivity index (χ0v) is 12.6. The van der Waals surface area contributed by atoms with Gasteiger partial charge < -0.3 is 5.32 Å². The number of ketones is 1. The molecule has 1 heterocycles. The predicted octanol–water partition coefficient (Wildman–Crippen LogP) is 1.69. The number of nitrogens with zero attached hydrogens (tertiary/aromatic N) is 1. The predicted molar refractivity (Wildman–Crippen MR) is 80.3 cm³/mol. The lowest BCUT2D eigenvalue weighted by Gasteiger charge is -2.18. The highest BCUT2D eigenvalue weighted by atomic mass is 16.2. The fourth-order valence-electron chi connectivity index (χ4n) is 2.39. The normalized spacial score (nSPS) is 13.8. The van der Waals surface area contributed by atoms with E-state index in [1.165, 1.54) is 4.90 Å². The second kappa shape index (κ2) is 6.08. The minimum atomic E-state index is -0.627. The van der Waals surface area contributed by atoms with Crippen LogP contribution in [0.2, 0.25) is 0 Å². The number of rotatable bonds is 5. The van der Waals surface area contributed by atoms with Crippen LogP contribution < -0.4 is 10.2 Å². The summed E-state index contributed by atoms with van der Waals surface area (Å²) in [7, 11) is 0. The van der Waals surface area contributed by atoms with Crippen molar-refractivity contribution in [2.45, 2.75) is 27.2 Å². The van der Waals surface area contributed by atoms with Crippen molar-refractivity contribution >= 4 is 23.3 Å². The maximum atomic E-state index is 12.0. The van der Waals surface area contributed by atoms with Gasteiger partial charge in [0, 0.05) is 6.54 Å². The molecule has 2 rings (SSSR count). The monoisotopic (exact) mass is 288 g/mol. The lowest BCUT2D eigenvalue weighted by Crippen LogP contribution is -2.40. The number of aryl methyl sites for hydroxylation is 1. The van der Waals surface area contributed by atoms with Gasteiger partial charge in [-0.15, -0.1) is 0 Å². The van der Waals surface area contributed by atoms with Crippen LogP contribution in [-0.2, 0) is 9.59 Å². The first-order chi connectivity index (χ1) is 9.91. The second-order valence-electron chi connectivity index (χ2n) is 5.72. The molecular weight excluding hydrogens is 268 g/mol. The van der Waals surface area contributed by atoms with Crippen LogP contribution in [-0.4, -0.2) is 30.7 Å². The average Bonchev–Trinajstić information content (AvgIpc) is 2.65. The lowest BCUT2D eigenvalue weighted by molar-refractivity contribution is -0.122. The summed E-state index contributed by atoms with van der Waals surface area (Å²) in [6, 6.07) is 5.19. The topological polar surface area (TPSA) is 66.5 Å². The summed E-state index contributed by atoms with van der Waals surface area (Å²) in [5.41, 5.74) is 1.77. The van der Waals surface area contributed by atoms with Crippen molar-refractivity contribution in [2.75, 3.05) is 18.0 Å². The van der Waals surface area contributed by atoms with E-state index in [2.05, 4.69) is 19.2 Å². The van der Waals surface area contributed by atoms with Gasteiger partial charge in [0.1, 0.15) is 6.54 Å². The Labute approximate surface area is 124 Å². The van der Waals surface area contributed by atoms with E-state index < -0.39 is 11.7 Å². The van der Waals surface area contributed by atoms with Crippen molar-refractivity contribution in [2.24, 2.45) is 5.92 Å². The Kier molecular flexibility index (Phi) is 4.40. The molecule has 0 bridgehead atoms. The Hall–Kier alpha value is -2.17. The van der Waals surface area contributed by atoms with Gasteiger partial charge in [-0.2, -0.15) is 0 Å². The van der Waals surface area contributed by atoms with Crippen LogP contribution in [0.15, 0.2) is 18.2 Å². The average molecular weight is 288 g/mol. The molecule has 1 aromatic rings. The van der Waals surface area contributed by atoms with E-state index in [1.807, 2.05) is 13.0 Å². The summed E-state index contributed by atoms with van der Waals surface area (Å²) < 4.78 is 0. The zero-order chi connectivity index (χ0) is 15.6. The van der Waals surface area contributed by atoms with E-state index in [1.54, 1.807) is 12.1 Å².